The van der Waals surface area contributed by atoms with Crippen LogP contribution >= 0.6 is 0 Å². The first-order valence-electron chi connectivity index (χ1n) is 13.1. The van der Waals surface area contributed by atoms with Crippen LogP contribution in [0.2, 0.25) is 0 Å². The highest BCUT2D eigenvalue weighted by molar-refractivity contribution is 7.89. The number of nitrogens with one attached hydrogen (secondary N) is 3. The molecule has 1 heterocycles. The summed E-state index contributed by atoms with van der Waals surface area (Å²) in [5.41, 5.74) is 0.784. The summed E-state index contributed by atoms with van der Waals surface area (Å²) in [6.07, 6.45) is 3.95. The van der Waals surface area contributed by atoms with E-state index in [2.05, 4.69) is 36.1 Å². The number of nitrogens with zero attached hydrogens (tertiary/aromatic N) is 2. The predicted octanol–water partition coefficient (Wildman–Crippen LogP) is 5.05. The number of hydrogen-bond donors (Lipinski definition) is 3. The molecule has 0 saturated heterocycles. The quantitative estimate of drug-likeness (QED) is 0.327. The molecule has 0 unspecified atom stereocenters. The Hall–Kier alpha value is -3.11. The Morgan fingerprint density at radius 3 is 2.26 bits per heavy atom. The van der Waals surface area contributed by atoms with Gasteiger partial charge in [-0.25, -0.2) is 18.1 Å². The Balaban J connectivity index is 1.32. The number of fused-ring (bicyclic) bond motifs is 1. The van der Waals surface area contributed by atoms with Crippen molar-refractivity contribution in [1.82, 2.24) is 14.7 Å². The highest BCUT2D eigenvalue weighted by atomic mass is 32.2. The Kier molecular flexibility index (Phi) is 8.62. The molecular weight excluding hydrogens is 502 g/mol. The molecule has 1 aliphatic rings. The third-order valence-electron chi connectivity index (χ3n) is 6.83. The zero-order valence-electron chi connectivity index (χ0n) is 22.9. The van der Waals surface area contributed by atoms with E-state index in [1.165, 1.54) is 20.3 Å². The molecule has 1 fully saturated rings. The van der Waals surface area contributed by atoms with Crippen LogP contribution in [0.3, 0.4) is 0 Å². The lowest BCUT2D eigenvalue weighted by Crippen LogP contribution is -2.32. The van der Waals surface area contributed by atoms with Gasteiger partial charge in [-0.2, -0.15) is 4.98 Å². The van der Waals surface area contributed by atoms with Crippen LogP contribution in [0.15, 0.2) is 47.4 Å². The van der Waals surface area contributed by atoms with Crippen molar-refractivity contribution in [2.75, 3.05) is 37.9 Å². The van der Waals surface area contributed by atoms with Gasteiger partial charge in [0.05, 0.1) is 19.7 Å². The number of para-hydroxylation sites is 1. The first-order valence-corrected chi connectivity index (χ1v) is 14.6. The summed E-state index contributed by atoms with van der Waals surface area (Å²) in [6.45, 7) is 7.53. The molecule has 0 amide bonds. The smallest absolute Gasteiger partial charge is 0.244 e. The van der Waals surface area contributed by atoms with Crippen molar-refractivity contribution in [2.24, 2.45) is 11.8 Å². The summed E-state index contributed by atoms with van der Waals surface area (Å²) in [7, 11) is -0.754. The van der Waals surface area contributed by atoms with E-state index in [0.29, 0.717) is 29.9 Å². The van der Waals surface area contributed by atoms with Crippen molar-refractivity contribution in [2.45, 2.75) is 56.9 Å². The van der Waals surface area contributed by atoms with Gasteiger partial charge in [0, 0.05) is 30.1 Å². The van der Waals surface area contributed by atoms with Gasteiger partial charge in [0.1, 0.15) is 22.2 Å². The van der Waals surface area contributed by atoms with Gasteiger partial charge < -0.3 is 20.1 Å². The van der Waals surface area contributed by atoms with E-state index < -0.39 is 10.0 Å². The maximum absolute atomic E-state index is 13.0. The lowest BCUT2D eigenvalue weighted by atomic mass is 9.82. The minimum atomic E-state index is -3.72. The van der Waals surface area contributed by atoms with Crippen molar-refractivity contribution < 1.29 is 17.9 Å². The molecule has 4 rings (SSSR count). The van der Waals surface area contributed by atoms with Gasteiger partial charge in [0.2, 0.25) is 16.0 Å². The minimum absolute atomic E-state index is 0.0907. The van der Waals surface area contributed by atoms with Crippen LogP contribution in [0.5, 0.6) is 11.5 Å². The molecule has 38 heavy (non-hydrogen) atoms. The van der Waals surface area contributed by atoms with Crippen molar-refractivity contribution >= 4 is 32.7 Å². The average molecular weight is 542 g/mol. The number of hydrogen-bond acceptors (Lipinski definition) is 8. The first kappa shape index (κ1) is 27.9. The third-order valence-corrected chi connectivity index (χ3v) is 8.28. The largest absolute Gasteiger partial charge is 0.497 e. The Labute approximate surface area is 225 Å². The lowest BCUT2D eigenvalue weighted by Gasteiger charge is -2.29. The summed E-state index contributed by atoms with van der Waals surface area (Å²) in [4.78, 5) is 9.58. The molecule has 0 bridgehead atoms. The fourth-order valence-corrected chi connectivity index (χ4v) is 6.08. The van der Waals surface area contributed by atoms with Gasteiger partial charge in [0.15, 0.2) is 0 Å². The number of aromatic nitrogens is 2. The van der Waals surface area contributed by atoms with Crippen LogP contribution in [0.1, 0.15) is 46.5 Å². The standard InChI is InChI=1S/C28H39N5O4S/c1-28(2,3)33-26-22-8-6-7-9-23(22)31-27(32-26)29-17-19-10-12-20(13-11-19)18-30-38(34,35)25-16-21(36-4)14-15-24(25)37-5/h6-9,14-16,19-20,30H,10-13,17-18H2,1-5H3,(H2,29,31,32,33)/t19-,20-. The van der Waals surface area contributed by atoms with Crippen LogP contribution < -0.4 is 24.8 Å². The van der Waals surface area contributed by atoms with E-state index in [1.807, 2.05) is 24.3 Å². The molecule has 0 atom stereocenters. The molecule has 2 aromatic carbocycles. The number of benzene rings is 2. The molecule has 10 heteroatoms. The lowest BCUT2D eigenvalue weighted by molar-refractivity contribution is 0.284. The molecule has 3 aromatic rings. The number of sulfonamides is 1. The van der Waals surface area contributed by atoms with Gasteiger partial charge in [-0.1, -0.05) is 12.1 Å². The SMILES string of the molecule is COc1ccc(OC)c(S(=O)(=O)NC[C@H]2CC[C@H](CNc3nc(NC(C)(C)C)c4ccccc4n3)CC2)c1. The maximum atomic E-state index is 13.0. The van der Waals surface area contributed by atoms with E-state index in [-0.39, 0.29) is 16.4 Å². The molecule has 1 aromatic heterocycles. The molecule has 206 valence electrons. The second kappa shape index (κ2) is 11.7. The zero-order chi connectivity index (χ0) is 27.3. The number of methoxy groups -OCH3 is 2. The van der Waals surface area contributed by atoms with Crippen LogP contribution in [0.25, 0.3) is 10.9 Å². The topological polar surface area (TPSA) is 114 Å². The Morgan fingerprint density at radius 2 is 1.61 bits per heavy atom. The van der Waals surface area contributed by atoms with E-state index in [4.69, 9.17) is 19.4 Å². The normalized spacial score (nSPS) is 18.2. The predicted molar refractivity (Wildman–Crippen MR) is 152 cm³/mol. The Morgan fingerprint density at radius 1 is 0.921 bits per heavy atom. The van der Waals surface area contributed by atoms with E-state index in [0.717, 1.165) is 48.9 Å². The maximum Gasteiger partial charge on any atom is 0.244 e. The molecule has 3 N–H and O–H groups in total. The number of rotatable bonds is 10. The summed E-state index contributed by atoms with van der Waals surface area (Å²) < 4.78 is 39.2. The summed E-state index contributed by atoms with van der Waals surface area (Å²) in [5.74, 6) is 2.99. The van der Waals surface area contributed by atoms with Crippen molar-refractivity contribution in [1.29, 1.82) is 0 Å². The van der Waals surface area contributed by atoms with Gasteiger partial charge in [-0.15, -0.1) is 0 Å². The molecule has 1 aliphatic carbocycles. The molecule has 9 nitrogen and oxygen atoms in total. The van der Waals surface area contributed by atoms with E-state index in [1.54, 1.807) is 12.1 Å². The summed E-state index contributed by atoms with van der Waals surface area (Å²) in [6, 6.07) is 12.8. The molecule has 0 radical (unpaired) electrons. The second-order valence-corrected chi connectivity index (χ2v) is 12.7. The third kappa shape index (κ3) is 7.05. The van der Waals surface area contributed by atoms with Gasteiger partial charge in [-0.05, 0) is 82.6 Å². The van der Waals surface area contributed by atoms with Gasteiger partial charge in [-0.3, -0.25) is 0 Å². The second-order valence-electron chi connectivity index (χ2n) is 10.9. The molecule has 0 aliphatic heterocycles. The fraction of sp³-hybridized carbons (Fsp3) is 0.500. The van der Waals surface area contributed by atoms with Gasteiger partial charge in [0.25, 0.3) is 0 Å². The van der Waals surface area contributed by atoms with Crippen molar-refractivity contribution in [3.05, 3.63) is 42.5 Å². The number of anilines is 2. The van der Waals surface area contributed by atoms with Crippen molar-refractivity contribution in [3.63, 3.8) is 0 Å². The van der Waals surface area contributed by atoms with Gasteiger partial charge >= 0.3 is 0 Å². The van der Waals surface area contributed by atoms with Crippen LogP contribution in [-0.4, -0.2) is 51.2 Å². The van der Waals surface area contributed by atoms with Crippen molar-refractivity contribution in [3.8, 4) is 11.5 Å². The number of ether oxygens (including phenoxy) is 2. The van der Waals surface area contributed by atoms with Crippen LogP contribution in [0.4, 0.5) is 11.8 Å². The summed E-state index contributed by atoms with van der Waals surface area (Å²) >= 11 is 0. The molecule has 0 spiro atoms. The zero-order valence-corrected chi connectivity index (χ0v) is 23.7. The van der Waals surface area contributed by atoms with Crippen LogP contribution in [0, 0.1) is 11.8 Å². The molecular formula is C28H39N5O4S. The Bertz CT molecular complexity index is 1350. The first-order chi connectivity index (χ1) is 18.1. The van der Waals surface area contributed by atoms with Crippen LogP contribution in [-0.2, 0) is 10.0 Å². The van der Waals surface area contributed by atoms with E-state index in [9.17, 15) is 8.42 Å². The fourth-order valence-electron chi connectivity index (χ4n) is 4.78. The minimum Gasteiger partial charge on any atom is -0.497 e. The highest BCUT2D eigenvalue weighted by Gasteiger charge is 2.25. The highest BCUT2D eigenvalue weighted by Crippen LogP contribution is 2.31. The average Bonchev–Trinajstić information content (AvgIpc) is 2.90. The monoisotopic (exact) mass is 541 g/mol. The van der Waals surface area contributed by atoms with E-state index >= 15 is 0 Å². The summed E-state index contributed by atoms with van der Waals surface area (Å²) in [5, 5.41) is 7.95. The molecule has 1 saturated carbocycles.